The van der Waals surface area contributed by atoms with Crippen LogP contribution in [0.2, 0.25) is 0 Å². The number of H-pyrrole nitrogens is 1. The number of aromatic amines is 1. The highest BCUT2D eigenvalue weighted by atomic mass is 15.3. The normalized spacial score (nSPS) is 25.2. The molecule has 0 bridgehead atoms. The fraction of sp³-hybridized carbons (Fsp3) is 0.579. The number of likely N-dealkylation sites (N-methyl/N-ethyl adjacent to an activating group) is 1. The smallest absolute Gasteiger partial charge is 0.140 e. The van der Waals surface area contributed by atoms with Gasteiger partial charge in [0.1, 0.15) is 11.7 Å². The Bertz CT molecular complexity index is 770. The molecular formula is C19H25N5. The third-order valence-corrected chi connectivity index (χ3v) is 5.94. The SMILES string of the molecule is CCN1CCCCC12CCCN(c1ccnc3[nH]cc(C#N)c13)C2. The molecule has 2 aliphatic heterocycles. The topological polar surface area (TPSA) is 58.9 Å². The Hall–Kier alpha value is -2.06. The molecule has 4 rings (SSSR count). The fourth-order valence-corrected chi connectivity index (χ4v) is 4.82. The van der Waals surface area contributed by atoms with Crippen molar-refractivity contribution in [2.75, 3.05) is 31.1 Å². The summed E-state index contributed by atoms with van der Waals surface area (Å²) in [7, 11) is 0. The lowest BCUT2D eigenvalue weighted by Gasteiger charge is -2.52. The molecule has 1 atom stereocenters. The maximum absolute atomic E-state index is 9.45. The Morgan fingerprint density at radius 1 is 1.29 bits per heavy atom. The van der Waals surface area contributed by atoms with Crippen LogP contribution in [0, 0.1) is 11.3 Å². The number of pyridine rings is 1. The van der Waals surface area contributed by atoms with E-state index in [1.165, 1.54) is 44.3 Å². The van der Waals surface area contributed by atoms with E-state index in [1.54, 1.807) is 6.20 Å². The van der Waals surface area contributed by atoms with E-state index >= 15 is 0 Å². The lowest BCUT2D eigenvalue weighted by molar-refractivity contribution is 0.0384. The van der Waals surface area contributed by atoms with Crippen LogP contribution in [0.5, 0.6) is 0 Å². The summed E-state index contributed by atoms with van der Waals surface area (Å²) < 4.78 is 0. The molecule has 0 aliphatic carbocycles. The van der Waals surface area contributed by atoms with Gasteiger partial charge in [-0.1, -0.05) is 13.3 Å². The molecule has 2 saturated heterocycles. The number of nitriles is 1. The van der Waals surface area contributed by atoms with Crippen molar-refractivity contribution in [1.82, 2.24) is 14.9 Å². The number of likely N-dealkylation sites (tertiary alicyclic amines) is 1. The molecule has 126 valence electrons. The maximum Gasteiger partial charge on any atom is 0.140 e. The summed E-state index contributed by atoms with van der Waals surface area (Å²) in [5.74, 6) is 0. The van der Waals surface area contributed by atoms with Gasteiger partial charge in [0.2, 0.25) is 0 Å². The van der Waals surface area contributed by atoms with E-state index in [0.717, 1.165) is 30.7 Å². The van der Waals surface area contributed by atoms with Gasteiger partial charge in [-0.05, 0) is 44.8 Å². The van der Waals surface area contributed by atoms with Crippen molar-refractivity contribution in [3.63, 3.8) is 0 Å². The average Bonchev–Trinajstić information content (AvgIpc) is 3.05. The Labute approximate surface area is 143 Å². The second kappa shape index (κ2) is 6.10. The van der Waals surface area contributed by atoms with Crippen molar-refractivity contribution in [2.45, 2.75) is 44.6 Å². The van der Waals surface area contributed by atoms with Crippen LogP contribution >= 0.6 is 0 Å². The zero-order valence-corrected chi connectivity index (χ0v) is 14.4. The van der Waals surface area contributed by atoms with Gasteiger partial charge in [-0.2, -0.15) is 5.26 Å². The molecule has 0 saturated carbocycles. The minimum atomic E-state index is 0.309. The molecule has 1 N–H and O–H groups in total. The Balaban J connectivity index is 1.72. The van der Waals surface area contributed by atoms with Gasteiger partial charge in [0.25, 0.3) is 0 Å². The van der Waals surface area contributed by atoms with Crippen molar-refractivity contribution in [3.8, 4) is 6.07 Å². The summed E-state index contributed by atoms with van der Waals surface area (Å²) >= 11 is 0. The number of aromatic nitrogens is 2. The second-order valence-corrected chi connectivity index (χ2v) is 7.15. The number of fused-ring (bicyclic) bond motifs is 1. The van der Waals surface area contributed by atoms with Crippen LogP contribution in [0.3, 0.4) is 0 Å². The van der Waals surface area contributed by atoms with Gasteiger partial charge in [-0.3, -0.25) is 4.90 Å². The summed E-state index contributed by atoms with van der Waals surface area (Å²) in [4.78, 5) is 12.7. The lowest BCUT2D eigenvalue weighted by Crippen LogP contribution is -2.60. The minimum absolute atomic E-state index is 0.309. The van der Waals surface area contributed by atoms with Crippen molar-refractivity contribution in [2.24, 2.45) is 0 Å². The van der Waals surface area contributed by atoms with E-state index in [9.17, 15) is 5.26 Å². The molecule has 0 radical (unpaired) electrons. The average molecular weight is 323 g/mol. The van der Waals surface area contributed by atoms with Crippen LogP contribution in [-0.2, 0) is 0 Å². The van der Waals surface area contributed by atoms with Gasteiger partial charge in [0, 0.05) is 31.0 Å². The van der Waals surface area contributed by atoms with E-state index in [1.807, 2.05) is 6.20 Å². The number of anilines is 1. The van der Waals surface area contributed by atoms with Gasteiger partial charge in [-0.25, -0.2) is 4.98 Å². The summed E-state index contributed by atoms with van der Waals surface area (Å²) in [6.45, 7) is 6.78. The van der Waals surface area contributed by atoms with Gasteiger partial charge in [0.15, 0.2) is 0 Å². The number of hydrogen-bond donors (Lipinski definition) is 1. The summed E-state index contributed by atoms with van der Waals surface area (Å²) in [5.41, 5.74) is 2.99. The van der Waals surface area contributed by atoms with Crippen LogP contribution in [-0.4, -0.2) is 46.6 Å². The second-order valence-electron chi connectivity index (χ2n) is 7.15. The standard InChI is InChI=1S/C19H25N5/c1-2-24-11-4-3-7-19(24)8-5-10-23(14-19)16-6-9-21-18-17(16)15(12-20)13-22-18/h6,9,13H,2-5,7-8,10-11,14H2,1H3,(H,21,22). The number of nitrogens with one attached hydrogen (secondary N) is 1. The van der Waals surface area contributed by atoms with Gasteiger partial charge >= 0.3 is 0 Å². The Morgan fingerprint density at radius 3 is 3.00 bits per heavy atom. The molecule has 2 aromatic heterocycles. The molecule has 0 amide bonds. The largest absolute Gasteiger partial charge is 0.369 e. The Morgan fingerprint density at radius 2 is 2.17 bits per heavy atom. The van der Waals surface area contributed by atoms with Crippen LogP contribution in [0.25, 0.3) is 11.0 Å². The first-order valence-electron chi connectivity index (χ1n) is 9.13. The number of nitrogens with zero attached hydrogens (tertiary/aromatic N) is 4. The van der Waals surface area contributed by atoms with E-state index in [4.69, 9.17) is 0 Å². The van der Waals surface area contributed by atoms with Crippen LogP contribution in [0.4, 0.5) is 5.69 Å². The van der Waals surface area contributed by atoms with Crippen LogP contribution in [0.1, 0.15) is 44.6 Å². The van der Waals surface area contributed by atoms with Crippen LogP contribution in [0.15, 0.2) is 18.5 Å². The minimum Gasteiger partial charge on any atom is -0.369 e. The number of rotatable bonds is 2. The first kappa shape index (κ1) is 15.5. The predicted molar refractivity (Wildman–Crippen MR) is 96.1 cm³/mol. The molecular weight excluding hydrogens is 298 g/mol. The molecule has 5 nitrogen and oxygen atoms in total. The van der Waals surface area contributed by atoms with Crippen LogP contribution < -0.4 is 4.90 Å². The number of hydrogen-bond acceptors (Lipinski definition) is 4. The monoisotopic (exact) mass is 323 g/mol. The van der Waals surface area contributed by atoms with Crippen molar-refractivity contribution >= 4 is 16.7 Å². The quantitative estimate of drug-likeness (QED) is 0.921. The molecule has 1 spiro atoms. The van der Waals surface area contributed by atoms with Crippen molar-refractivity contribution in [1.29, 1.82) is 5.26 Å². The number of piperidine rings is 2. The van der Waals surface area contributed by atoms with E-state index in [0.29, 0.717) is 11.1 Å². The first-order chi connectivity index (χ1) is 11.8. The highest BCUT2D eigenvalue weighted by Crippen LogP contribution is 2.39. The molecule has 4 heterocycles. The third-order valence-electron chi connectivity index (χ3n) is 5.94. The third kappa shape index (κ3) is 2.37. The molecule has 2 aliphatic rings. The molecule has 5 heteroatoms. The molecule has 2 fully saturated rings. The zero-order valence-electron chi connectivity index (χ0n) is 14.4. The van der Waals surface area contributed by atoms with E-state index < -0.39 is 0 Å². The zero-order chi connectivity index (χ0) is 16.6. The predicted octanol–water partition coefficient (Wildman–Crippen LogP) is 3.28. The highest BCUT2D eigenvalue weighted by Gasteiger charge is 2.41. The molecule has 0 aromatic carbocycles. The summed E-state index contributed by atoms with van der Waals surface area (Å²) in [5, 5.41) is 10.4. The summed E-state index contributed by atoms with van der Waals surface area (Å²) in [6, 6.07) is 4.39. The van der Waals surface area contributed by atoms with E-state index in [-0.39, 0.29) is 0 Å². The Kier molecular flexibility index (Phi) is 3.93. The molecule has 2 aromatic rings. The first-order valence-corrected chi connectivity index (χ1v) is 9.13. The fourth-order valence-electron chi connectivity index (χ4n) is 4.82. The van der Waals surface area contributed by atoms with Gasteiger partial charge in [-0.15, -0.1) is 0 Å². The summed E-state index contributed by atoms with van der Waals surface area (Å²) in [6.07, 6.45) is 10.1. The maximum atomic E-state index is 9.45. The van der Waals surface area contributed by atoms with Crippen molar-refractivity contribution < 1.29 is 0 Å². The lowest BCUT2D eigenvalue weighted by atomic mass is 9.79. The highest BCUT2D eigenvalue weighted by molar-refractivity contribution is 5.94. The van der Waals surface area contributed by atoms with Gasteiger partial charge < -0.3 is 9.88 Å². The molecule has 1 unspecified atom stereocenters. The molecule has 24 heavy (non-hydrogen) atoms. The van der Waals surface area contributed by atoms with Gasteiger partial charge in [0.05, 0.1) is 16.6 Å². The van der Waals surface area contributed by atoms with E-state index in [2.05, 4.69) is 38.8 Å². The van der Waals surface area contributed by atoms with Crippen molar-refractivity contribution in [3.05, 3.63) is 24.0 Å².